The number of hydrogen-bond acceptors (Lipinski definition) is 1. The van der Waals surface area contributed by atoms with E-state index in [4.69, 9.17) is 0 Å². The van der Waals surface area contributed by atoms with Crippen molar-refractivity contribution < 1.29 is 13.8 Å². The SMILES string of the molecule is N.O.O.[Ba+2].[H-].[H-]. The molecular weight excluding hydrogens is 183 g/mol. The summed E-state index contributed by atoms with van der Waals surface area (Å²) >= 11 is 0. The van der Waals surface area contributed by atoms with Crippen LogP contribution in [0.5, 0.6) is 0 Å². The first-order valence-electron chi connectivity index (χ1n) is 0. The molecule has 0 fully saturated rings. The molecule has 0 aromatic heterocycles. The first kappa shape index (κ1) is 51.3. The maximum atomic E-state index is 0. The summed E-state index contributed by atoms with van der Waals surface area (Å²) in [6.45, 7) is 0. The molecule has 0 saturated heterocycles. The number of hydrogen-bond donors (Lipinski definition) is 1. The van der Waals surface area contributed by atoms with Gasteiger partial charge in [-0.25, -0.2) is 0 Å². The second kappa shape index (κ2) is 25.2. The fourth-order valence-corrected chi connectivity index (χ4v) is 0. The van der Waals surface area contributed by atoms with Gasteiger partial charge in [0.25, 0.3) is 0 Å². The maximum Gasteiger partial charge on any atom is 2.00 e. The summed E-state index contributed by atoms with van der Waals surface area (Å²) < 4.78 is 0. The van der Waals surface area contributed by atoms with E-state index >= 15 is 0 Å². The average Bonchev–Trinajstić information content (AvgIpc) is 0. The molecule has 0 spiro atoms. The third-order valence-electron chi connectivity index (χ3n) is 0. The predicted molar refractivity (Wildman–Crippen MR) is 20.2 cm³/mol. The van der Waals surface area contributed by atoms with Gasteiger partial charge in [-0.1, -0.05) is 0 Å². The molecule has 4 heteroatoms. The van der Waals surface area contributed by atoms with E-state index in [0.717, 1.165) is 0 Å². The summed E-state index contributed by atoms with van der Waals surface area (Å²) in [4.78, 5) is 0. The minimum Gasteiger partial charge on any atom is -1.00 e. The molecular formula is H9BaNO2. The van der Waals surface area contributed by atoms with E-state index in [1.54, 1.807) is 0 Å². The third kappa shape index (κ3) is 9.85. The Morgan fingerprint density at radius 3 is 1.00 bits per heavy atom. The molecule has 0 atom stereocenters. The van der Waals surface area contributed by atoms with Crippen molar-refractivity contribution in [3.63, 3.8) is 0 Å². The van der Waals surface area contributed by atoms with Gasteiger partial charge in [-0.3, -0.25) is 0 Å². The molecule has 0 aromatic carbocycles. The maximum absolute atomic E-state index is 0. The van der Waals surface area contributed by atoms with Crippen molar-refractivity contribution in [1.29, 1.82) is 0 Å². The molecule has 0 rings (SSSR count). The van der Waals surface area contributed by atoms with Crippen molar-refractivity contribution in [2.75, 3.05) is 0 Å². The van der Waals surface area contributed by atoms with Gasteiger partial charge >= 0.3 is 48.9 Å². The van der Waals surface area contributed by atoms with E-state index in [2.05, 4.69) is 0 Å². The van der Waals surface area contributed by atoms with Gasteiger partial charge in [0, 0.05) is 0 Å². The summed E-state index contributed by atoms with van der Waals surface area (Å²) in [7, 11) is 0. The van der Waals surface area contributed by atoms with Crippen LogP contribution in [0.2, 0.25) is 0 Å². The van der Waals surface area contributed by atoms with E-state index in [1.807, 2.05) is 0 Å². The van der Waals surface area contributed by atoms with Crippen molar-refractivity contribution in [2.45, 2.75) is 0 Å². The van der Waals surface area contributed by atoms with Crippen molar-refractivity contribution >= 4 is 48.9 Å². The fourth-order valence-electron chi connectivity index (χ4n) is 0. The predicted octanol–water partition coefficient (Wildman–Crippen LogP) is -1.64. The largest absolute Gasteiger partial charge is 2.00 e. The Kier molecular flexibility index (Phi) is 323. The van der Waals surface area contributed by atoms with Crippen molar-refractivity contribution in [3.8, 4) is 0 Å². The van der Waals surface area contributed by atoms with Crippen LogP contribution in [-0.4, -0.2) is 59.8 Å². The number of rotatable bonds is 0. The summed E-state index contributed by atoms with van der Waals surface area (Å²) in [6, 6.07) is 0. The zero-order valence-corrected chi connectivity index (χ0v) is 6.85. The van der Waals surface area contributed by atoms with Gasteiger partial charge in [-0.2, -0.15) is 0 Å². The summed E-state index contributed by atoms with van der Waals surface area (Å²) in [6.07, 6.45) is 0. The van der Waals surface area contributed by atoms with Gasteiger partial charge in [0.2, 0.25) is 0 Å². The summed E-state index contributed by atoms with van der Waals surface area (Å²) in [5, 5.41) is 0. The van der Waals surface area contributed by atoms with E-state index in [0.29, 0.717) is 0 Å². The van der Waals surface area contributed by atoms with Gasteiger partial charge in [-0.15, -0.1) is 0 Å². The molecule has 0 aliphatic heterocycles. The zero-order chi connectivity index (χ0) is 0. The Balaban J connectivity index is 0. The molecule has 0 radical (unpaired) electrons. The van der Waals surface area contributed by atoms with Crippen LogP contribution in [0, 0.1) is 0 Å². The first-order chi connectivity index (χ1) is 0. The van der Waals surface area contributed by atoms with Gasteiger partial charge in [-0.05, 0) is 0 Å². The van der Waals surface area contributed by atoms with Gasteiger partial charge < -0.3 is 20.0 Å². The Labute approximate surface area is 68.0 Å². The van der Waals surface area contributed by atoms with Crippen molar-refractivity contribution in [2.24, 2.45) is 0 Å². The second-order valence-electron chi connectivity index (χ2n) is 0. The van der Waals surface area contributed by atoms with Crippen LogP contribution in [0.3, 0.4) is 0 Å². The molecule has 0 aromatic rings. The Morgan fingerprint density at radius 2 is 1.00 bits per heavy atom. The van der Waals surface area contributed by atoms with Crippen LogP contribution in [0.1, 0.15) is 2.85 Å². The van der Waals surface area contributed by atoms with E-state index in [-0.39, 0.29) is 68.8 Å². The van der Waals surface area contributed by atoms with Crippen LogP contribution in [0.15, 0.2) is 0 Å². The Bertz CT molecular complexity index is 11.5. The van der Waals surface area contributed by atoms with Crippen molar-refractivity contribution in [3.05, 3.63) is 0 Å². The fraction of sp³-hybridized carbons (Fsp3) is 0. The molecule has 0 amide bonds. The van der Waals surface area contributed by atoms with E-state index in [9.17, 15) is 0 Å². The molecule has 0 aliphatic carbocycles. The van der Waals surface area contributed by atoms with Crippen LogP contribution < -0.4 is 6.15 Å². The molecule has 4 heavy (non-hydrogen) atoms. The Morgan fingerprint density at radius 1 is 1.00 bits per heavy atom. The third-order valence-corrected chi connectivity index (χ3v) is 0. The standard InChI is InChI=1S/Ba.H3N.2H2O.2H/h;1H3;2*1H2;;/q+2;;;;2*-1. The molecule has 0 bridgehead atoms. The average molecular weight is 192 g/mol. The van der Waals surface area contributed by atoms with Crippen LogP contribution in [0.25, 0.3) is 0 Å². The van der Waals surface area contributed by atoms with Crippen LogP contribution in [0.4, 0.5) is 0 Å². The topological polar surface area (TPSA) is 98.0 Å². The smallest absolute Gasteiger partial charge is 1.00 e. The molecule has 0 saturated carbocycles. The minimum atomic E-state index is 0. The zero-order valence-electron chi connectivity index (χ0n) is 4.41. The molecule has 0 unspecified atom stereocenters. The normalized spacial score (nSPS) is 0. The Hall–Kier alpha value is 1.45. The molecule has 0 aliphatic rings. The van der Waals surface area contributed by atoms with Gasteiger partial charge in [0.05, 0.1) is 0 Å². The van der Waals surface area contributed by atoms with Crippen LogP contribution >= 0.6 is 0 Å². The first-order valence-corrected chi connectivity index (χ1v) is 0. The van der Waals surface area contributed by atoms with Gasteiger partial charge in [0.15, 0.2) is 0 Å². The monoisotopic (exact) mass is 193 g/mol. The molecule has 0 heterocycles. The second-order valence-corrected chi connectivity index (χ2v) is 0. The molecule has 28 valence electrons. The molecule has 7 N–H and O–H groups in total. The summed E-state index contributed by atoms with van der Waals surface area (Å²) in [5.74, 6) is 0. The van der Waals surface area contributed by atoms with Gasteiger partial charge in [0.1, 0.15) is 0 Å². The van der Waals surface area contributed by atoms with Crippen LogP contribution in [-0.2, 0) is 0 Å². The minimum absolute atomic E-state index is 0. The van der Waals surface area contributed by atoms with E-state index in [1.165, 1.54) is 0 Å². The van der Waals surface area contributed by atoms with E-state index < -0.39 is 0 Å². The quantitative estimate of drug-likeness (QED) is 0.457. The molecule has 3 nitrogen and oxygen atoms in total. The summed E-state index contributed by atoms with van der Waals surface area (Å²) in [5.41, 5.74) is 0. The van der Waals surface area contributed by atoms with Crippen molar-refractivity contribution in [1.82, 2.24) is 6.15 Å².